The van der Waals surface area contributed by atoms with Crippen LogP contribution in [0.15, 0.2) is 29.3 Å². The van der Waals surface area contributed by atoms with E-state index < -0.39 is 0 Å². The van der Waals surface area contributed by atoms with Gasteiger partial charge in [0, 0.05) is 13.1 Å². The topological polar surface area (TPSA) is 36.4 Å². The van der Waals surface area contributed by atoms with Crippen molar-refractivity contribution in [2.75, 3.05) is 13.1 Å². The van der Waals surface area contributed by atoms with Gasteiger partial charge >= 0.3 is 0 Å². The molecule has 1 aromatic carbocycles. The van der Waals surface area contributed by atoms with Crippen LogP contribution in [-0.4, -0.2) is 19.0 Å². The van der Waals surface area contributed by atoms with Crippen LogP contribution >= 0.6 is 24.0 Å². The molecular weight excluding hydrogens is 325 g/mol. The van der Waals surface area contributed by atoms with Gasteiger partial charge in [0.05, 0.1) is 6.54 Å². The minimum atomic E-state index is 0. The third-order valence-electron chi connectivity index (χ3n) is 2.19. The number of aliphatic imine (C=N–C) groups is 1. The zero-order chi connectivity index (χ0) is 11.8. The number of benzene rings is 1. The molecule has 0 unspecified atom stereocenters. The summed E-state index contributed by atoms with van der Waals surface area (Å²) >= 11 is 0. The van der Waals surface area contributed by atoms with Gasteiger partial charge in [-0.25, -0.2) is 4.99 Å². The van der Waals surface area contributed by atoms with Gasteiger partial charge in [0.2, 0.25) is 0 Å². The Morgan fingerprint density at radius 2 is 1.82 bits per heavy atom. The molecule has 0 aliphatic rings. The molecule has 96 valence electrons. The first-order chi connectivity index (χ1) is 7.76. The highest BCUT2D eigenvalue weighted by molar-refractivity contribution is 14.0. The summed E-state index contributed by atoms with van der Waals surface area (Å²) in [5.74, 6) is 0.881. The third kappa shape index (κ3) is 6.51. The number of hydrogen-bond donors (Lipinski definition) is 2. The van der Waals surface area contributed by atoms with Gasteiger partial charge in [0.25, 0.3) is 0 Å². The second kappa shape index (κ2) is 9.27. The highest BCUT2D eigenvalue weighted by Gasteiger charge is 1.95. The number of hydrogen-bond acceptors (Lipinski definition) is 1. The van der Waals surface area contributed by atoms with Gasteiger partial charge in [-0.15, -0.1) is 24.0 Å². The van der Waals surface area contributed by atoms with Crippen LogP contribution in [0.1, 0.15) is 25.0 Å². The first-order valence-corrected chi connectivity index (χ1v) is 5.84. The van der Waals surface area contributed by atoms with Gasteiger partial charge < -0.3 is 10.6 Å². The van der Waals surface area contributed by atoms with Crippen molar-refractivity contribution in [3.63, 3.8) is 0 Å². The highest BCUT2D eigenvalue weighted by Crippen LogP contribution is 2.04. The Bertz CT molecular complexity index is 342. The van der Waals surface area contributed by atoms with Crippen molar-refractivity contribution < 1.29 is 0 Å². The molecule has 0 atom stereocenters. The fourth-order valence-corrected chi connectivity index (χ4v) is 1.49. The number of halogens is 1. The van der Waals surface area contributed by atoms with E-state index in [-0.39, 0.29) is 24.0 Å². The fourth-order valence-electron chi connectivity index (χ4n) is 1.49. The Morgan fingerprint density at radius 1 is 1.18 bits per heavy atom. The van der Waals surface area contributed by atoms with Crippen molar-refractivity contribution in [2.45, 2.75) is 27.3 Å². The van der Waals surface area contributed by atoms with E-state index >= 15 is 0 Å². The molecule has 17 heavy (non-hydrogen) atoms. The van der Waals surface area contributed by atoms with Gasteiger partial charge in [-0.2, -0.15) is 0 Å². The van der Waals surface area contributed by atoms with E-state index in [9.17, 15) is 0 Å². The molecule has 0 saturated carbocycles. The molecule has 0 radical (unpaired) electrons. The van der Waals surface area contributed by atoms with Gasteiger partial charge in [-0.3, -0.25) is 0 Å². The lowest BCUT2D eigenvalue weighted by Gasteiger charge is -2.09. The summed E-state index contributed by atoms with van der Waals surface area (Å²) in [5.41, 5.74) is 2.52. The average molecular weight is 347 g/mol. The van der Waals surface area contributed by atoms with Gasteiger partial charge in [0.15, 0.2) is 5.96 Å². The molecule has 1 rings (SSSR count). The molecule has 0 spiro atoms. The van der Waals surface area contributed by atoms with Crippen LogP contribution in [0.4, 0.5) is 0 Å². The predicted molar refractivity (Wildman–Crippen MR) is 85.1 cm³/mol. The number of guanidine groups is 1. The number of rotatable bonds is 4. The van der Waals surface area contributed by atoms with Crippen molar-refractivity contribution in [3.05, 3.63) is 35.4 Å². The van der Waals surface area contributed by atoms with Gasteiger partial charge in [-0.05, 0) is 26.3 Å². The molecule has 0 heterocycles. The summed E-state index contributed by atoms with van der Waals surface area (Å²) in [6.07, 6.45) is 0. The van der Waals surface area contributed by atoms with Crippen molar-refractivity contribution in [3.8, 4) is 0 Å². The van der Waals surface area contributed by atoms with E-state index in [0.717, 1.165) is 25.6 Å². The molecule has 0 amide bonds. The molecule has 4 heteroatoms. The molecule has 0 aliphatic heterocycles. The maximum atomic E-state index is 4.51. The molecule has 2 N–H and O–H groups in total. The summed E-state index contributed by atoms with van der Waals surface area (Å²) in [6.45, 7) is 8.73. The van der Waals surface area contributed by atoms with Crippen LogP contribution in [0.3, 0.4) is 0 Å². The van der Waals surface area contributed by atoms with Crippen LogP contribution in [0.2, 0.25) is 0 Å². The summed E-state index contributed by atoms with van der Waals surface area (Å²) in [4.78, 5) is 4.51. The van der Waals surface area contributed by atoms with Crippen molar-refractivity contribution >= 4 is 29.9 Å². The molecule has 3 nitrogen and oxygen atoms in total. The first kappa shape index (κ1) is 16.2. The van der Waals surface area contributed by atoms with E-state index in [0.29, 0.717) is 0 Å². The summed E-state index contributed by atoms with van der Waals surface area (Å²) in [7, 11) is 0. The average Bonchev–Trinajstić information content (AvgIpc) is 2.27. The molecule has 0 bridgehead atoms. The number of aryl methyl sites for hydroxylation is 1. The fraction of sp³-hybridized carbons (Fsp3) is 0.462. The zero-order valence-corrected chi connectivity index (χ0v) is 13.1. The van der Waals surface area contributed by atoms with Crippen LogP contribution in [0.5, 0.6) is 0 Å². The largest absolute Gasteiger partial charge is 0.357 e. The Labute approximate surface area is 121 Å². The third-order valence-corrected chi connectivity index (χ3v) is 2.19. The normalized spacial score (nSPS) is 9.12. The predicted octanol–water partition coefficient (Wildman–Crippen LogP) is 2.69. The maximum absolute atomic E-state index is 4.51. The number of nitrogens with zero attached hydrogens (tertiary/aromatic N) is 1. The van der Waals surface area contributed by atoms with Crippen molar-refractivity contribution in [1.82, 2.24) is 10.6 Å². The van der Waals surface area contributed by atoms with Crippen LogP contribution in [0, 0.1) is 6.92 Å². The second-order valence-electron chi connectivity index (χ2n) is 3.71. The molecule has 0 aromatic heterocycles. The van der Waals surface area contributed by atoms with E-state index in [1.165, 1.54) is 11.1 Å². The van der Waals surface area contributed by atoms with E-state index in [4.69, 9.17) is 0 Å². The lowest BCUT2D eigenvalue weighted by atomic mass is 10.1. The summed E-state index contributed by atoms with van der Waals surface area (Å²) in [6, 6.07) is 8.44. The van der Waals surface area contributed by atoms with Crippen LogP contribution < -0.4 is 10.6 Å². The Kier molecular flexibility index (Phi) is 8.85. The minimum absolute atomic E-state index is 0. The standard InChI is InChI=1S/C13H21N3.HI/c1-4-14-13(15-5-2)16-10-12-8-6-7-11(3)9-12;/h6-9H,4-5,10H2,1-3H3,(H2,14,15,16);1H. The molecule has 0 saturated heterocycles. The summed E-state index contributed by atoms with van der Waals surface area (Å²) < 4.78 is 0. The maximum Gasteiger partial charge on any atom is 0.191 e. The van der Waals surface area contributed by atoms with Crippen LogP contribution in [-0.2, 0) is 6.54 Å². The van der Waals surface area contributed by atoms with E-state index in [1.807, 2.05) is 0 Å². The first-order valence-electron chi connectivity index (χ1n) is 5.84. The minimum Gasteiger partial charge on any atom is -0.357 e. The quantitative estimate of drug-likeness (QED) is 0.499. The molecule has 0 aliphatic carbocycles. The summed E-state index contributed by atoms with van der Waals surface area (Å²) in [5, 5.41) is 6.41. The highest BCUT2D eigenvalue weighted by atomic mass is 127. The second-order valence-corrected chi connectivity index (χ2v) is 3.71. The van der Waals surface area contributed by atoms with E-state index in [2.05, 4.69) is 60.7 Å². The SMILES string of the molecule is CCNC(=NCc1cccc(C)c1)NCC.I. The van der Waals surface area contributed by atoms with Gasteiger partial charge in [0.1, 0.15) is 0 Å². The lowest BCUT2D eigenvalue weighted by molar-refractivity contribution is 0.839. The van der Waals surface area contributed by atoms with Crippen molar-refractivity contribution in [1.29, 1.82) is 0 Å². The molecule has 0 fully saturated rings. The molecular formula is C13H22IN3. The smallest absolute Gasteiger partial charge is 0.191 e. The Morgan fingerprint density at radius 3 is 2.35 bits per heavy atom. The zero-order valence-electron chi connectivity index (χ0n) is 10.8. The lowest BCUT2D eigenvalue weighted by Crippen LogP contribution is -2.36. The van der Waals surface area contributed by atoms with E-state index in [1.54, 1.807) is 0 Å². The van der Waals surface area contributed by atoms with Gasteiger partial charge in [-0.1, -0.05) is 29.8 Å². The number of nitrogens with one attached hydrogen (secondary N) is 2. The Balaban J connectivity index is 0.00000256. The van der Waals surface area contributed by atoms with Crippen LogP contribution in [0.25, 0.3) is 0 Å². The van der Waals surface area contributed by atoms with Crippen molar-refractivity contribution in [2.24, 2.45) is 4.99 Å². The monoisotopic (exact) mass is 347 g/mol. The Hall–Kier alpha value is -0.780. The molecule has 1 aromatic rings.